The second-order valence-corrected chi connectivity index (χ2v) is 7.34. The van der Waals surface area contributed by atoms with Crippen LogP contribution in [0.15, 0.2) is 27.6 Å². The van der Waals surface area contributed by atoms with Gasteiger partial charge >= 0.3 is 0 Å². The van der Waals surface area contributed by atoms with E-state index in [9.17, 15) is 13.2 Å². The number of hydrogen-bond donors (Lipinski definition) is 2. The first-order chi connectivity index (χ1) is 9.86. The van der Waals surface area contributed by atoms with Gasteiger partial charge < -0.3 is 10.1 Å². The van der Waals surface area contributed by atoms with Crippen molar-refractivity contribution in [1.82, 2.24) is 0 Å². The van der Waals surface area contributed by atoms with Crippen LogP contribution in [0.25, 0.3) is 0 Å². The molecule has 1 aliphatic rings. The van der Waals surface area contributed by atoms with Crippen LogP contribution in [0, 0.1) is 0 Å². The Balaban J connectivity index is 2.00. The maximum absolute atomic E-state index is 12.0. The van der Waals surface area contributed by atoms with Gasteiger partial charge in [0.1, 0.15) is 0 Å². The molecule has 1 aliphatic heterocycles. The number of nitrogens with two attached hydrogens (primary N) is 1. The number of benzene rings is 1. The number of carbonyl (C=O) groups is 1. The van der Waals surface area contributed by atoms with Gasteiger partial charge in [-0.3, -0.25) is 4.79 Å². The van der Waals surface area contributed by atoms with Crippen LogP contribution in [0.3, 0.4) is 0 Å². The van der Waals surface area contributed by atoms with Crippen molar-refractivity contribution in [2.24, 2.45) is 5.14 Å². The van der Waals surface area contributed by atoms with Crippen LogP contribution in [0.5, 0.6) is 0 Å². The second kappa shape index (κ2) is 6.87. The molecule has 1 atom stereocenters. The molecule has 1 aromatic carbocycles. The van der Waals surface area contributed by atoms with E-state index in [1.165, 1.54) is 18.2 Å². The molecule has 1 amide bonds. The van der Waals surface area contributed by atoms with Gasteiger partial charge in [0.05, 0.1) is 23.1 Å². The Morgan fingerprint density at radius 2 is 2.19 bits per heavy atom. The molecule has 0 bridgehead atoms. The Hall–Kier alpha value is -0.960. The molecule has 0 aliphatic carbocycles. The molecule has 0 aromatic heterocycles. The highest BCUT2D eigenvalue weighted by atomic mass is 79.9. The third-order valence-electron chi connectivity index (χ3n) is 3.23. The predicted octanol–water partition coefficient (Wildman–Crippen LogP) is 1.99. The smallest absolute Gasteiger partial charge is 0.238 e. The number of rotatable bonds is 4. The molecule has 21 heavy (non-hydrogen) atoms. The topological polar surface area (TPSA) is 98.5 Å². The van der Waals surface area contributed by atoms with E-state index < -0.39 is 10.0 Å². The standard InChI is InChI=1S/C13H17BrN2O4S/c14-11-8-10(21(15,18)19)4-5-12(11)16-13(17)7-9-3-1-2-6-20-9/h4-5,8-9H,1-3,6-7H2,(H,16,17)(H2,15,18,19). The molecule has 1 aromatic rings. The molecule has 6 nitrogen and oxygen atoms in total. The molecule has 2 rings (SSSR count). The van der Waals surface area contributed by atoms with Crippen molar-refractivity contribution in [2.45, 2.75) is 36.7 Å². The molecule has 0 spiro atoms. The molecule has 8 heteroatoms. The summed E-state index contributed by atoms with van der Waals surface area (Å²) in [6.45, 7) is 0.699. The van der Waals surface area contributed by atoms with E-state index in [0.717, 1.165) is 19.3 Å². The van der Waals surface area contributed by atoms with Crippen molar-refractivity contribution in [3.8, 4) is 0 Å². The van der Waals surface area contributed by atoms with Crippen LogP contribution in [-0.4, -0.2) is 27.0 Å². The zero-order valence-corrected chi connectivity index (χ0v) is 13.7. The average Bonchev–Trinajstić information content (AvgIpc) is 2.41. The lowest BCUT2D eigenvalue weighted by atomic mass is 10.1. The largest absolute Gasteiger partial charge is 0.378 e. The monoisotopic (exact) mass is 376 g/mol. The molecule has 1 unspecified atom stereocenters. The predicted molar refractivity (Wildman–Crippen MR) is 82.4 cm³/mol. The summed E-state index contributed by atoms with van der Waals surface area (Å²) >= 11 is 3.23. The lowest BCUT2D eigenvalue weighted by molar-refractivity contribution is -0.119. The summed E-state index contributed by atoms with van der Waals surface area (Å²) in [5, 5.41) is 7.78. The molecule has 1 saturated heterocycles. The molecule has 1 fully saturated rings. The highest BCUT2D eigenvalue weighted by Crippen LogP contribution is 2.26. The van der Waals surface area contributed by atoms with Crippen molar-refractivity contribution < 1.29 is 17.9 Å². The Morgan fingerprint density at radius 1 is 1.43 bits per heavy atom. The second-order valence-electron chi connectivity index (χ2n) is 4.93. The van der Waals surface area contributed by atoms with E-state index in [-0.39, 0.29) is 16.9 Å². The molecule has 3 N–H and O–H groups in total. The number of primary sulfonamides is 1. The maximum atomic E-state index is 12.0. The molecule has 0 saturated carbocycles. The molecular formula is C13H17BrN2O4S. The highest BCUT2D eigenvalue weighted by Gasteiger charge is 2.18. The van der Waals surface area contributed by atoms with E-state index in [1.807, 2.05) is 0 Å². The van der Waals surface area contributed by atoms with Crippen LogP contribution in [-0.2, 0) is 19.6 Å². The van der Waals surface area contributed by atoms with Crippen LogP contribution in [0.4, 0.5) is 5.69 Å². The number of carbonyl (C=O) groups excluding carboxylic acids is 1. The normalized spacial score (nSPS) is 19.2. The third-order valence-corrected chi connectivity index (χ3v) is 4.80. The fourth-order valence-electron chi connectivity index (χ4n) is 2.15. The van der Waals surface area contributed by atoms with Gasteiger partial charge in [0.2, 0.25) is 15.9 Å². The van der Waals surface area contributed by atoms with Crippen LogP contribution in [0.2, 0.25) is 0 Å². The lowest BCUT2D eigenvalue weighted by Gasteiger charge is -2.22. The van der Waals surface area contributed by atoms with Gasteiger partial charge in [-0.2, -0.15) is 0 Å². The molecule has 1 heterocycles. The van der Waals surface area contributed by atoms with Crippen molar-refractivity contribution in [3.05, 3.63) is 22.7 Å². The highest BCUT2D eigenvalue weighted by molar-refractivity contribution is 9.10. The zero-order valence-electron chi connectivity index (χ0n) is 11.3. The number of nitrogens with one attached hydrogen (secondary N) is 1. The first-order valence-corrected chi connectivity index (χ1v) is 8.94. The van der Waals surface area contributed by atoms with Crippen molar-refractivity contribution in [3.63, 3.8) is 0 Å². The van der Waals surface area contributed by atoms with Gasteiger partial charge in [-0.15, -0.1) is 0 Å². The van der Waals surface area contributed by atoms with E-state index in [4.69, 9.17) is 9.88 Å². The summed E-state index contributed by atoms with van der Waals surface area (Å²) in [6, 6.07) is 4.22. The van der Waals surface area contributed by atoms with E-state index >= 15 is 0 Å². The Morgan fingerprint density at radius 3 is 2.76 bits per heavy atom. The number of anilines is 1. The van der Waals surface area contributed by atoms with Gasteiger partial charge in [0.25, 0.3) is 0 Å². The number of halogens is 1. The van der Waals surface area contributed by atoms with Crippen LogP contribution < -0.4 is 10.5 Å². The number of ether oxygens (including phenoxy) is 1. The summed E-state index contributed by atoms with van der Waals surface area (Å²) in [5.74, 6) is -0.161. The van der Waals surface area contributed by atoms with E-state index in [1.54, 1.807) is 0 Å². The first kappa shape index (κ1) is 16.4. The SMILES string of the molecule is NS(=O)(=O)c1ccc(NC(=O)CC2CCCCO2)c(Br)c1. The Kier molecular flexibility index (Phi) is 5.37. The minimum atomic E-state index is -3.76. The summed E-state index contributed by atoms with van der Waals surface area (Å²) in [6.07, 6.45) is 3.26. The average molecular weight is 377 g/mol. The summed E-state index contributed by atoms with van der Waals surface area (Å²) in [7, 11) is -3.76. The maximum Gasteiger partial charge on any atom is 0.238 e. The van der Waals surface area contributed by atoms with Gasteiger partial charge in [-0.05, 0) is 53.4 Å². The van der Waals surface area contributed by atoms with Gasteiger partial charge in [0.15, 0.2) is 0 Å². The van der Waals surface area contributed by atoms with Gasteiger partial charge in [0, 0.05) is 11.1 Å². The zero-order chi connectivity index (χ0) is 15.5. The number of amides is 1. The van der Waals surface area contributed by atoms with Gasteiger partial charge in [-0.25, -0.2) is 13.6 Å². The number of sulfonamides is 1. The van der Waals surface area contributed by atoms with E-state index in [0.29, 0.717) is 23.2 Å². The summed E-state index contributed by atoms with van der Waals surface area (Å²) in [5.41, 5.74) is 0.503. The lowest BCUT2D eigenvalue weighted by Crippen LogP contribution is -2.25. The van der Waals surface area contributed by atoms with Crippen LogP contribution in [0.1, 0.15) is 25.7 Å². The minimum Gasteiger partial charge on any atom is -0.378 e. The first-order valence-electron chi connectivity index (χ1n) is 6.60. The summed E-state index contributed by atoms with van der Waals surface area (Å²) < 4.78 is 28.4. The minimum absolute atomic E-state index is 0.0111. The van der Waals surface area contributed by atoms with Crippen LogP contribution >= 0.6 is 15.9 Å². The Labute approximate surface area is 132 Å². The molecular weight excluding hydrogens is 360 g/mol. The van der Waals surface area contributed by atoms with Gasteiger partial charge in [-0.1, -0.05) is 0 Å². The molecule has 116 valence electrons. The third kappa shape index (κ3) is 4.77. The number of hydrogen-bond acceptors (Lipinski definition) is 4. The van der Waals surface area contributed by atoms with E-state index in [2.05, 4.69) is 21.2 Å². The van der Waals surface area contributed by atoms with Crippen molar-refractivity contribution in [2.75, 3.05) is 11.9 Å². The Bertz CT molecular complexity index is 627. The van der Waals surface area contributed by atoms with Crippen molar-refractivity contribution in [1.29, 1.82) is 0 Å². The molecule has 0 radical (unpaired) electrons. The van der Waals surface area contributed by atoms with Crippen molar-refractivity contribution >= 4 is 37.5 Å². The fraction of sp³-hybridized carbons (Fsp3) is 0.462. The summed E-state index contributed by atoms with van der Waals surface area (Å²) in [4.78, 5) is 11.9. The fourth-order valence-corrected chi connectivity index (χ4v) is 3.32. The quantitative estimate of drug-likeness (QED) is 0.839.